The van der Waals surface area contributed by atoms with Gasteiger partial charge in [-0.15, -0.1) is 0 Å². The number of hydrogen-bond acceptors (Lipinski definition) is 2. The summed E-state index contributed by atoms with van der Waals surface area (Å²) in [6, 6.07) is 0. The molecule has 0 spiro atoms. The molecule has 0 aromatic carbocycles. The van der Waals surface area contributed by atoms with Crippen LogP contribution in [0.1, 0.15) is 84.5 Å². The summed E-state index contributed by atoms with van der Waals surface area (Å²) in [6.07, 6.45) is 26.7. The van der Waals surface area contributed by atoms with Gasteiger partial charge in [0.25, 0.3) is 0 Å². The fourth-order valence-corrected chi connectivity index (χ4v) is 2.63. The van der Waals surface area contributed by atoms with Crippen molar-refractivity contribution in [3.05, 3.63) is 36.5 Å². The first kappa shape index (κ1) is 23.1. The van der Waals surface area contributed by atoms with Crippen molar-refractivity contribution in [3.8, 4) is 0 Å². The average molecular weight is 337 g/mol. The molecule has 2 heteroatoms. The Morgan fingerprint density at radius 3 is 1.96 bits per heavy atom. The minimum atomic E-state index is 0.0526. The number of aliphatic hydroxyl groups excluding tert-OH is 1. The number of aliphatic hydroxyl groups is 1. The van der Waals surface area contributed by atoms with Crippen LogP contribution in [0.3, 0.4) is 0 Å². The van der Waals surface area contributed by atoms with Gasteiger partial charge in [0.15, 0.2) is 0 Å². The standard InChI is InChI=1S/C22H40O2/c1-3-5-6-7-8-9-10-11-12-13-14-15-16-17-18-19-20-22(21-23)24-4-2/h5-6,8-9,11-12,22-23H,3-4,7,10,13-21H2,1-2H3/b6-5-,9-8-,12-11-. The van der Waals surface area contributed by atoms with E-state index >= 15 is 0 Å². The van der Waals surface area contributed by atoms with Crippen molar-refractivity contribution in [3.63, 3.8) is 0 Å². The summed E-state index contributed by atoms with van der Waals surface area (Å²) in [6.45, 7) is 5.01. The highest BCUT2D eigenvalue weighted by Crippen LogP contribution is 2.11. The summed E-state index contributed by atoms with van der Waals surface area (Å²) in [5.74, 6) is 0. The highest BCUT2D eigenvalue weighted by Gasteiger charge is 2.05. The number of unbranched alkanes of at least 4 members (excludes halogenated alkanes) is 6. The molecule has 0 amide bonds. The predicted octanol–water partition coefficient (Wildman–Crippen LogP) is 6.36. The van der Waals surface area contributed by atoms with Gasteiger partial charge in [-0.05, 0) is 45.4 Å². The molecule has 0 aliphatic carbocycles. The molecule has 0 aliphatic rings. The molecule has 0 saturated heterocycles. The molecule has 140 valence electrons. The molecule has 2 nitrogen and oxygen atoms in total. The van der Waals surface area contributed by atoms with E-state index in [-0.39, 0.29) is 12.7 Å². The van der Waals surface area contributed by atoms with Crippen molar-refractivity contribution in [2.75, 3.05) is 13.2 Å². The van der Waals surface area contributed by atoms with Gasteiger partial charge in [-0.1, -0.05) is 75.5 Å². The molecular weight excluding hydrogens is 296 g/mol. The molecule has 0 aliphatic heterocycles. The first-order chi connectivity index (χ1) is 11.8. The van der Waals surface area contributed by atoms with E-state index in [4.69, 9.17) is 9.84 Å². The van der Waals surface area contributed by atoms with Crippen LogP contribution >= 0.6 is 0 Å². The van der Waals surface area contributed by atoms with Crippen molar-refractivity contribution in [1.82, 2.24) is 0 Å². The van der Waals surface area contributed by atoms with E-state index in [0.29, 0.717) is 6.61 Å². The molecule has 1 atom stereocenters. The van der Waals surface area contributed by atoms with Gasteiger partial charge in [-0.2, -0.15) is 0 Å². The Bertz CT molecular complexity index is 318. The summed E-state index contributed by atoms with van der Waals surface area (Å²) < 4.78 is 5.45. The Hall–Kier alpha value is -0.860. The first-order valence-electron chi connectivity index (χ1n) is 10.0. The monoisotopic (exact) mass is 336 g/mol. The zero-order valence-corrected chi connectivity index (χ0v) is 16.1. The van der Waals surface area contributed by atoms with Crippen molar-refractivity contribution in [2.45, 2.75) is 90.6 Å². The van der Waals surface area contributed by atoms with Crippen LogP contribution in [0.25, 0.3) is 0 Å². The van der Waals surface area contributed by atoms with E-state index in [2.05, 4.69) is 43.4 Å². The summed E-state index contributed by atoms with van der Waals surface area (Å²) in [5, 5.41) is 9.14. The van der Waals surface area contributed by atoms with Crippen LogP contribution in [0, 0.1) is 0 Å². The van der Waals surface area contributed by atoms with Gasteiger partial charge in [0, 0.05) is 6.61 Å². The van der Waals surface area contributed by atoms with Gasteiger partial charge in [-0.3, -0.25) is 0 Å². The van der Waals surface area contributed by atoms with Gasteiger partial charge in [0.2, 0.25) is 0 Å². The van der Waals surface area contributed by atoms with E-state index < -0.39 is 0 Å². The Kier molecular flexibility index (Phi) is 19.5. The van der Waals surface area contributed by atoms with E-state index in [1.165, 1.54) is 44.9 Å². The Morgan fingerprint density at radius 1 is 0.750 bits per heavy atom. The lowest BCUT2D eigenvalue weighted by Gasteiger charge is -2.13. The molecule has 0 bridgehead atoms. The number of hydrogen-bond donors (Lipinski definition) is 1. The van der Waals surface area contributed by atoms with Gasteiger partial charge in [0.05, 0.1) is 12.7 Å². The van der Waals surface area contributed by atoms with E-state index in [1.54, 1.807) is 0 Å². The summed E-state index contributed by atoms with van der Waals surface area (Å²) in [5.41, 5.74) is 0. The topological polar surface area (TPSA) is 29.5 Å². The molecule has 0 aromatic heterocycles. The molecule has 0 saturated carbocycles. The third kappa shape index (κ3) is 17.5. The van der Waals surface area contributed by atoms with Gasteiger partial charge in [-0.25, -0.2) is 0 Å². The second kappa shape index (κ2) is 20.2. The zero-order valence-electron chi connectivity index (χ0n) is 16.1. The van der Waals surface area contributed by atoms with Crippen LogP contribution in [0.2, 0.25) is 0 Å². The van der Waals surface area contributed by atoms with Crippen LogP contribution in [-0.4, -0.2) is 24.4 Å². The first-order valence-corrected chi connectivity index (χ1v) is 10.0. The lowest BCUT2D eigenvalue weighted by Crippen LogP contribution is -2.17. The Morgan fingerprint density at radius 2 is 1.33 bits per heavy atom. The third-order valence-electron chi connectivity index (χ3n) is 4.03. The van der Waals surface area contributed by atoms with Crippen molar-refractivity contribution >= 4 is 0 Å². The largest absolute Gasteiger partial charge is 0.394 e. The highest BCUT2D eigenvalue weighted by molar-refractivity contribution is 4.96. The molecule has 0 radical (unpaired) electrons. The Balaban J connectivity index is 3.30. The predicted molar refractivity (Wildman–Crippen MR) is 106 cm³/mol. The van der Waals surface area contributed by atoms with Crippen molar-refractivity contribution in [2.24, 2.45) is 0 Å². The average Bonchev–Trinajstić information content (AvgIpc) is 2.60. The Labute approximate surface area is 150 Å². The van der Waals surface area contributed by atoms with Crippen LogP contribution in [0.5, 0.6) is 0 Å². The van der Waals surface area contributed by atoms with Gasteiger partial charge in [0.1, 0.15) is 0 Å². The van der Waals surface area contributed by atoms with E-state index in [0.717, 1.165) is 25.7 Å². The second-order valence-electron chi connectivity index (χ2n) is 6.25. The third-order valence-corrected chi connectivity index (χ3v) is 4.03. The van der Waals surface area contributed by atoms with Gasteiger partial charge >= 0.3 is 0 Å². The minimum absolute atomic E-state index is 0.0526. The summed E-state index contributed by atoms with van der Waals surface area (Å²) in [4.78, 5) is 0. The maximum absolute atomic E-state index is 9.14. The fourth-order valence-electron chi connectivity index (χ4n) is 2.63. The molecule has 0 fully saturated rings. The molecule has 1 N–H and O–H groups in total. The van der Waals surface area contributed by atoms with Crippen LogP contribution in [-0.2, 0) is 4.74 Å². The minimum Gasteiger partial charge on any atom is -0.394 e. The smallest absolute Gasteiger partial charge is 0.0805 e. The number of rotatable bonds is 17. The molecule has 1 unspecified atom stereocenters. The van der Waals surface area contributed by atoms with Crippen molar-refractivity contribution in [1.29, 1.82) is 0 Å². The van der Waals surface area contributed by atoms with Gasteiger partial charge < -0.3 is 9.84 Å². The molecule has 0 rings (SSSR count). The van der Waals surface area contributed by atoms with Crippen molar-refractivity contribution < 1.29 is 9.84 Å². The summed E-state index contributed by atoms with van der Waals surface area (Å²) >= 11 is 0. The van der Waals surface area contributed by atoms with Crippen LogP contribution < -0.4 is 0 Å². The SMILES string of the molecule is CC/C=C\C/C=C\C/C=C\CCCCCCCCC(CO)OCC. The maximum atomic E-state index is 9.14. The fraction of sp³-hybridized carbons (Fsp3) is 0.727. The summed E-state index contributed by atoms with van der Waals surface area (Å²) in [7, 11) is 0. The second-order valence-corrected chi connectivity index (χ2v) is 6.25. The quantitative estimate of drug-likeness (QED) is 0.247. The lowest BCUT2D eigenvalue weighted by molar-refractivity contribution is 0.0136. The normalized spacial score (nSPS) is 13.6. The number of ether oxygens (including phenoxy) is 1. The molecule has 0 aromatic rings. The zero-order chi connectivity index (χ0) is 17.7. The van der Waals surface area contributed by atoms with E-state index in [1.807, 2.05) is 6.92 Å². The lowest BCUT2D eigenvalue weighted by atomic mass is 10.1. The highest BCUT2D eigenvalue weighted by atomic mass is 16.5. The van der Waals surface area contributed by atoms with Crippen LogP contribution in [0.4, 0.5) is 0 Å². The van der Waals surface area contributed by atoms with Crippen LogP contribution in [0.15, 0.2) is 36.5 Å². The molecule has 24 heavy (non-hydrogen) atoms. The molecular formula is C22H40O2. The van der Waals surface area contributed by atoms with E-state index in [9.17, 15) is 0 Å². The maximum Gasteiger partial charge on any atom is 0.0805 e. The molecule has 0 heterocycles. The number of allylic oxidation sites excluding steroid dienone is 6.